The topological polar surface area (TPSA) is 0 Å². The van der Waals surface area contributed by atoms with Crippen molar-refractivity contribution in [3.63, 3.8) is 0 Å². The van der Waals surface area contributed by atoms with Gasteiger partial charge in [0.1, 0.15) is 28.3 Å². The van der Waals surface area contributed by atoms with Gasteiger partial charge in [0.2, 0.25) is 0 Å². The molecule has 0 heterocycles. The molecule has 0 bridgehead atoms. The van der Waals surface area contributed by atoms with Crippen LogP contribution in [-0.4, -0.2) is 0 Å². The zero-order chi connectivity index (χ0) is 21.4. The average molecular weight is 437 g/mol. The second-order valence-electron chi connectivity index (χ2n) is 8.57. The summed E-state index contributed by atoms with van der Waals surface area (Å²) in [6.07, 6.45) is 8.83. The van der Waals surface area contributed by atoms with E-state index in [1.54, 1.807) is 0 Å². The van der Waals surface area contributed by atoms with Crippen molar-refractivity contribution >= 4 is 11.6 Å². The monoisotopic (exact) mass is 436 g/mol. The Labute approximate surface area is 179 Å². The molecule has 2 aromatic carbocycles. The van der Waals surface area contributed by atoms with E-state index in [-0.39, 0.29) is 23.7 Å². The van der Waals surface area contributed by atoms with Crippen molar-refractivity contribution < 1.29 is 17.6 Å². The van der Waals surface area contributed by atoms with E-state index >= 15 is 0 Å². The van der Waals surface area contributed by atoms with E-state index < -0.39 is 28.3 Å². The van der Waals surface area contributed by atoms with Crippen molar-refractivity contribution in [2.75, 3.05) is 0 Å². The third kappa shape index (κ3) is 3.91. The van der Waals surface area contributed by atoms with Gasteiger partial charge in [0, 0.05) is 6.07 Å². The summed E-state index contributed by atoms with van der Waals surface area (Å²) in [5, 5.41) is -0.491. The Morgan fingerprint density at radius 3 is 2.40 bits per heavy atom. The Hall–Kier alpha value is -1.81. The van der Waals surface area contributed by atoms with Gasteiger partial charge in [0.15, 0.2) is 0 Å². The summed E-state index contributed by atoms with van der Waals surface area (Å²) in [5.74, 6) is -2.31. The fraction of sp³-hybridized carbons (Fsp3) is 0.440. The standard InChI is InChI=1S/C25H25ClF4/c1-2-3-4-5-14-6-7-17-19(9-8-18-20(17)12-16(27)13-21(18)28)24(14)15-10-22(29)25(26)23(30)11-15/h2-3,10-14,17,19,24H,4-9H2,1H3/b3-2+/t14-,17-,19+,24-/m1/s1. The molecule has 4 atom stereocenters. The Bertz CT molecular complexity index is 945. The predicted octanol–water partition coefficient (Wildman–Crippen LogP) is 8.09. The van der Waals surface area contributed by atoms with E-state index in [4.69, 9.17) is 11.6 Å². The average Bonchev–Trinajstić information content (AvgIpc) is 2.71. The van der Waals surface area contributed by atoms with Crippen LogP contribution in [0.2, 0.25) is 5.02 Å². The van der Waals surface area contributed by atoms with Crippen LogP contribution in [0.5, 0.6) is 0 Å². The molecule has 0 saturated heterocycles. The van der Waals surface area contributed by atoms with E-state index in [2.05, 4.69) is 6.08 Å². The summed E-state index contributed by atoms with van der Waals surface area (Å²) in [6, 6.07) is 5.10. The summed E-state index contributed by atoms with van der Waals surface area (Å²) in [6.45, 7) is 1.97. The minimum Gasteiger partial charge on any atom is -0.207 e. The van der Waals surface area contributed by atoms with Crippen LogP contribution in [0.15, 0.2) is 36.4 Å². The maximum Gasteiger partial charge on any atom is 0.145 e. The quantitative estimate of drug-likeness (QED) is 0.258. The number of hydrogen-bond acceptors (Lipinski definition) is 0. The number of halogens is 5. The van der Waals surface area contributed by atoms with E-state index in [0.717, 1.165) is 43.7 Å². The van der Waals surface area contributed by atoms with Crippen LogP contribution >= 0.6 is 11.6 Å². The van der Waals surface area contributed by atoms with Gasteiger partial charge in [-0.1, -0.05) is 23.8 Å². The van der Waals surface area contributed by atoms with E-state index in [9.17, 15) is 17.6 Å². The molecule has 4 rings (SSSR count). The van der Waals surface area contributed by atoms with Gasteiger partial charge in [-0.3, -0.25) is 0 Å². The molecule has 0 N–H and O–H groups in total. The first-order chi connectivity index (χ1) is 14.4. The second kappa shape index (κ2) is 8.74. The molecule has 0 nitrogen and oxygen atoms in total. The third-order valence-electron chi connectivity index (χ3n) is 6.99. The minimum atomic E-state index is -0.755. The predicted molar refractivity (Wildman–Crippen MR) is 112 cm³/mol. The molecule has 0 amide bonds. The largest absolute Gasteiger partial charge is 0.207 e. The van der Waals surface area contributed by atoms with E-state index in [1.165, 1.54) is 18.2 Å². The Balaban J connectivity index is 1.76. The summed E-state index contributed by atoms with van der Waals surface area (Å²) >= 11 is 5.72. The number of fused-ring (bicyclic) bond motifs is 3. The molecule has 160 valence electrons. The van der Waals surface area contributed by atoms with Crippen molar-refractivity contribution in [2.24, 2.45) is 11.8 Å². The fourth-order valence-corrected chi connectivity index (χ4v) is 5.88. The lowest BCUT2D eigenvalue weighted by Crippen LogP contribution is -2.35. The molecule has 0 aromatic heterocycles. The minimum absolute atomic E-state index is 0.0104. The molecule has 1 saturated carbocycles. The molecular formula is C25H25ClF4. The van der Waals surface area contributed by atoms with Crippen molar-refractivity contribution in [3.05, 3.63) is 81.4 Å². The molecule has 2 aromatic rings. The molecule has 5 heteroatoms. The highest BCUT2D eigenvalue weighted by molar-refractivity contribution is 6.30. The van der Waals surface area contributed by atoms with E-state index in [0.29, 0.717) is 17.5 Å². The van der Waals surface area contributed by atoms with Gasteiger partial charge in [0.05, 0.1) is 0 Å². The first-order valence-corrected chi connectivity index (χ1v) is 11.0. The molecule has 0 aliphatic heterocycles. The van der Waals surface area contributed by atoms with Crippen molar-refractivity contribution in [2.45, 2.75) is 57.3 Å². The molecule has 0 spiro atoms. The smallest absolute Gasteiger partial charge is 0.145 e. The number of allylic oxidation sites excluding steroid dienone is 2. The van der Waals surface area contributed by atoms with Crippen LogP contribution in [0, 0.1) is 35.1 Å². The van der Waals surface area contributed by atoms with Crippen molar-refractivity contribution in [3.8, 4) is 0 Å². The lowest BCUT2D eigenvalue weighted by molar-refractivity contribution is 0.160. The molecule has 30 heavy (non-hydrogen) atoms. The van der Waals surface area contributed by atoms with Gasteiger partial charge in [0.25, 0.3) is 0 Å². The first kappa shape index (κ1) is 21.4. The number of benzene rings is 2. The lowest BCUT2D eigenvalue weighted by Gasteiger charge is -2.47. The fourth-order valence-electron chi connectivity index (χ4n) is 5.77. The van der Waals surface area contributed by atoms with Gasteiger partial charge < -0.3 is 0 Å². The van der Waals surface area contributed by atoms with Gasteiger partial charge >= 0.3 is 0 Å². The van der Waals surface area contributed by atoms with Crippen LogP contribution in [0.25, 0.3) is 0 Å². The maximum absolute atomic E-state index is 14.4. The summed E-state index contributed by atoms with van der Waals surface area (Å²) in [7, 11) is 0. The van der Waals surface area contributed by atoms with Gasteiger partial charge in [-0.2, -0.15) is 0 Å². The van der Waals surface area contributed by atoms with E-state index in [1.807, 2.05) is 13.0 Å². The molecular weight excluding hydrogens is 412 g/mol. The number of hydrogen-bond donors (Lipinski definition) is 0. The van der Waals surface area contributed by atoms with Crippen LogP contribution in [0.3, 0.4) is 0 Å². The normalized spacial score (nSPS) is 25.9. The SMILES string of the molecule is C/C=C/CC[C@@H]1CC[C@H]2c3cc(F)cc(F)c3CC[C@@H]2[C@H]1c1cc(F)c(Cl)c(F)c1. The van der Waals surface area contributed by atoms with Crippen LogP contribution in [0.1, 0.15) is 67.6 Å². The third-order valence-corrected chi connectivity index (χ3v) is 7.35. The van der Waals surface area contributed by atoms with Crippen molar-refractivity contribution in [1.29, 1.82) is 0 Å². The van der Waals surface area contributed by atoms with Gasteiger partial charge in [-0.05, 0) is 104 Å². The Kier molecular flexibility index (Phi) is 6.24. The zero-order valence-corrected chi connectivity index (χ0v) is 17.7. The second-order valence-corrected chi connectivity index (χ2v) is 8.95. The number of rotatable bonds is 4. The van der Waals surface area contributed by atoms with Crippen molar-refractivity contribution in [1.82, 2.24) is 0 Å². The molecule has 2 aliphatic carbocycles. The summed E-state index contributed by atoms with van der Waals surface area (Å²) < 4.78 is 57.0. The lowest BCUT2D eigenvalue weighted by atomic mass is 9.57. The molecule has 2 aliphatic rings. The van der Waals surface area contributed by atoms with Gasteiger partial charge in [-0.15, -0.1) is 0 Å². The highest BCUT2D eigenvalue weighted by atomic mass is 35.5. The molecule has 0 unspecified atom stereocenters. The van der Waals surface area contributed by atoms with Crippen LogP contribution < -0.4 is 0 Å². The molecule has 0 radical (unpaired) electrons. The zero-order valence-electron chi connectivity index (χ0n) is 16.9. The van der Waals surface area contributed by atoms with Crippen LogP contribution in [-0.2, 0) is 6.42 Å². The first-order valence-electron chi connectivity index (χ1n) is 10.6. The highest BCUT2D eigenvalue weighted by Gasteiger charge is 2.43. The summed E-state index contributed by atoms with van der Waals surface area (Å²) in [5.41, 5.74) is 1.93. The highest BCUT2D eigenvalue weighted by Crippen LogP contribution is 2.55. The maximum atomic E-state index is 14.4. The summed E-state index contributed by atoms with van der Waals surface area (Å²) in [4.78, 5) is 0. The van der Waals surface area contributed by atoms with Gasteiger partial charge in [-0.25, -0.2) is 17.6 Å². The van der Waals surface area contributed by atoms with Crippen LogP contribution in [0.4, 0.5) is 17.6 Å². The molecule has 1 fully saturated rings. The Morgan fingerprint density at radius 1 is 0.967 bits per heavy atom. The Morgan fingerprint density at radius 2 is 1.70 bits per heavy atom.